The molecule has 1 amide bonds. The van der Waals surface area contributed by atoms with Gasteiger partial charge in [0.25, 0.3) is 0 Å². The van der Waals surface area contributed by atoms with Gasteiger partial charge in [-0.3, -0.25) is 14.8 Å². The van der Waals surface area contributed by atoms with Gasteiger partial charge in [0.2, 0.25) is 12.7 Å². The minimum absolute atomic E-state index is 0.0227. The molecule has 13 nitrogen and oxygen atoms in total. The number of anilines is 4. The zero-order valence-electron chi connectivity index (χ0n) is 23.2. The van der Waals surface area contributed by atoms with Crippen molar-refractivity contribution in [2.45, 2.75) is 6.54 Å². The van der Waals surface area contributed by atoms with Crippen molar-refractivity contribution in [2.75, 3.05) is 61.7 Å². The minimum atomic E-state index is -0.0227. The summed E-state index contributed by atoms with van der Waals surface area (Å²) >= 11 is 0. The average molecular weight is 580 g/mol. The highest BCUT2D eigenvalue weighted by Crippen LogP contribution is 2.44. The van der Waals surface area contributed by atoms with E-state index in [1.54, 1.807) is 29.4 Å². The Morgan fingerprint density at radius 3 is 2.51 bits per heavy atom. The number of aromatic nitrogens is 4. The molecule has 43 heavy (non-hydrogen) atoms. The van der Waals surface area contributed by atoms with Gasteiger partial charge in [-0.1, -0.05) is 0 Å². The third-order valence-electron chi connectivity index (χ3n) is 7.40. The number of fused-ring (bicyclic) bond motifs is 3. The number of ether oxygens (including phenoxy) is 3. The van der Waals surface area contributed by atoms with Crippen molar-refractivity contribution in [2.24, 2.45) is 0 Å². The fourth-order valence-electron chi connectivity index (χ4n) is 5.37. The number of hydrogen-bond donors (Lipinski definition) is 4. The molecular formula is C30H29N9O4. The van der Waals surface area contributed by atoms with E-state index in [9.17, 15) is 4.79 Å². The quantitative estimate of drug-likeness (QED) is 0.222. The zero-order valence-corrected chi connectivity index (χ0v) is 23.2. The summed E-state index contributed by atoms with van der Waals surface area (Å²) in [5.74, 6) is 1.90. The largest absolute Gasteiger partial charge is 0.454 e. The molecule has 0 aliphatic carbocycles. The first-order valence-electron chi connectivity index (χ1n) is 13.9. The van der Waals surface area contributed by atoms with E-state index in [2.05, 4.69) is 30.6 Å². The molecule has 1 aromatic carbocycles. The van der Waals surface area contributed by atoms with Gasteiger partial charge in [-0.2, -0.15) is 0 Å². The highest BCUT2D eigenvalue weighted by Gasteiger charge is 2.24. The van der Waals surface area contributed by atoms with Crippen LogP contribution in [0.25, 0.3) is 33.2 Å². The first-order chi connectivity index (χ1) is 21.0. The van der Waals surface area contributed by atoms with Crippen LogP contribution in [0.3, 0.4) is 0 Å². The highest BCUT2D eigenvalue weighted by molar-refractivity contribution is 6.01. The number of nitrogens with one attached hydrogen (secondary N) is 2. The summed E-state index contributed by atoms with van der Waals surface area (Å²) in [6.07, 6.45) is 3.42. The van der Waals surface area contributed by atoms with E-state index in [4.69, 9.17) is 25.7 Å². The van der Waals surface area contributed by atoms with Crippen LogP contribution < -0.4 is 31.6 Å². The third kappa shape index (κ3) is 5.21. The molecule has 0 atom stereocenters. The third-order valence-corrected chi connectivity index (χ3v) is 7.40. The Balaban J connectivity index is 1.22. The number of nitrogen functional groups attached to an aromatic ring is 2. The fraction of sp³-hybridized carbons (Fsp3) is 0.233. The van der Waals surface area contributed by atoms with Crippen LogP contribution in [0.5, 0.6) is 11.5 Å². The molecule has 0 bridgehead atoms. The molecule has 218 valence electrons. The maximum Gasteiger partial charge on any atom is 0.242 e. The van der Waals surface area contributed by atoms with Gasteiger partial charge in [-0.15, -0.1) is 0 Å². The molecule has 0 unspecified atom stereocenters. The molecule has 0 radical (unpaired) electrons. The summed E-state index contributed by atoms with van der Waals surface area (Å²) in [6.45, 7) is 2.87. The predicted octanol–water partition coefficient (Wildman–Crippen LogP) is 3.02. The van der Waals surface area contributed by atoms with Crippen molar-refractivity contribution in [1.82, 2.24) is 24.8 Å². The Hall–Kier alpha value is -5.43. The first kappa shape index (κ1) is 26.5. The van der Waals surface area contributed by atoms with Gasteiger partial charge < -0.3 is 41.2 Å². The van der Waals surface area contributed by atoms with Crippen molar-refractivity contribution in [3.05, 3.63) is 60.4 Å². The molecule has 13 heteroatoms. The van der Waals surface area contributed by atoms with E-state index in [1.165, 1.54) is 0 Å². The number of pyridine rings is 4. The van der Waals surface area contributed by atoms with Gasteiger partial charge in [0.15, 0.2) is 11.5 Å². The Morgan fingerprint density at radius 2 is 1.65 bits per heavy atom. The number of nitrogens with zero attached hydrogens (tertiary/aromatic N) is 5. The number of amides is 1. The van der Waals surface area contributed by atoms with E-state index in [-0.39, 0.29) is 19.2 Å². The average Bonchev–Trinajstić information content (AvgIpc) is 3.51. The predicted molar refractivity (Wildman–Crippen MR) is 163 cm³/mol. The Morgan fingerprint density at radius 1 is 0.860 bits per heavy atom. The lowest BCUT2D eigenvalue weighted by Crippen LogP contribution is -2.43. The van der Waals surface area contributed by atoms with Crippen molar-refractivity contribution >= 4 is 51.0 Å². The second-order valence-corrected chi connectivity index (χ2v) is 10.2. The van der Waals surface area contributed by atoms with Gasteiger partial charge in [0.05, 0.1) is 36.6 Å². The van der Waals surface area contributed by atoms with Gasteiger partial charge in [0, 0.05) is 55.3 Å². The second kappa shape index (κ2) is 11.1. The van der Waals surface area contributed by atoms with E-state index in [0.717, 1.165) is 27.9 Å². The maximum absolute atomic E-state index is 12.8. The summed E-state index contributed by atoms with van der Waals surface area (Å²) in [5.41, 5.74) is 18.8. The van der Waals surface area contributed by atoms with Crippen LogP contribution in [0.4, 0.5) is 23.0 Å². The monoisotopic (exact) mass is 579 g/mol. The molecule has 1 saturated heterocycles. The van der Waals surface area contributed by atoms with E-state index in [0.29, 0.717) is 78.2 Å². The molecule has 7 rings (SSSR count). The first-order valence-corrected chi connectivity index (χ1v) is 13.9. The summed E-state index contributed by atoms with van der Waals surface area (Å²) < 4.78 is 17.1. The van der Waals surface area contributed by atoms with Gasteiger partial charge in [0.1, 0.15) is 28.2 Å². The van der Waals surface area contributed by atoms with Crippen LogP contribution in [0.2, 0.25) is 0 Å². The molecule has 6 N–H and O–H groups in total. The van der Waals surface area contributed by atoms with Crippen molar-refractivity contribution in [1.29, 1.82) is 0 Å². The lowest BCUT2D eigenvalue weighted by atomic mass is 9.99. The smallest absolute Gasteiger partial charge is 0.242 e. The van der Waals surface area contributed by atoms with Crippen LogP contribution in [-0.4, -0.2) is 70.4 Å². The summed E-state index contributed by atoms with van der Waals surface area (Å²) in [4.78, 5) is 32.6. The number of nitrogens with two attached hydrogens (primary N) is 2. The van der Waals surface area contributed by atoms with Gasteiger partial charge in [-0.05, 0) is 35.9 Å². The number of rotatable bonds is 7. The Bertz CT molecular complexity index is 1860. The summed E-state index contributed by atoms with van der Waals surface area (Å²) in [5, 5.41) is 6.67. The van der Waals surface area contributed by atoms with Crippen molar-refractivity contribution in [3.63, 3.8) is 0 Å². The summed E-state index contributed by atoms with van der Waals surface area (Å²) in [7, 11) is 0. The lowest BCUT2D eigenvalue weighted by molar-refractivity contribution is -0.133. The molecule has 6 heterocycles. The normalized spacial score (nSPS) is 14.3. The second-order valence-electron chi connectivity index (χ2n) is 10.2. The SMILES string of the molecule is Nc1cc(NCc2cc3c(c(-c4ccnc5c(NCC(=O)N6CCOCC6)cc(N)nc45)c2)OCO3)c2ncccc2n1. The number of benzene rings is 1. The Labute approximate surface area is 246 Å². The molecule has 0 spiro atoms. The van der Waals surface area contributed by atoms with Crippen LogP contribution in [0.1, 0.15) is 5.56 Å². The Kier molecular flexibility index (Phi) is 6.83. The number of hydrogen-bond acceptors (Lipinski definition) is 12. The van der Waals surface area contributed by atoms with E-state index in [1.807, 2.05) is 30.3 Å². The van der Waals surface area contributed by atoms with Crippen LogP contribution in [0, 0.1) is 0 Å². The summed E-state index contributed by atoms with van der Waals surface area (Å²) in [6, 6.07) is 13.0. The fourth-order valence-corrected chi connectivity index (χ4v) is 5.37. The van der Waals surface area contributed by atoms with E-state index < -0.39 is 0 Å². The number of morpholine rings is 1. The van der Waals surface area contributed by atoms with Gasteiger partial charge in [-0.25, -0.2) is 9.97 Å². The van der Waals surface area contributed by atoms with Crippen LogP contribution in [-0.2, 0) is 16.1 Å². The molecule has 1 fully saturated rings. The molecule has 2 aliphatic heterocycles. The van der Waals surface area contributed by atoms with Gasteiger partial charge >= 0.3 is 0 Å². The van der Waals surface area contributed by atoms with Crippen molar-refractivity contribution in [3.8, 4) is 22.6 Å². The lowest BCUT2D eigenvalue weighted by Gasteiger charge is -2.27. The number of carbonyl (C=O) groups is 1. The van der Waals surface area contributed by atoms with Crippen LogP contribution >= 0.6 is 0 Å². The number of carbonyl (C=O) groups excluding carboxylic acids is 1. The highest BCUT2D eigenvalue weighted by atomic mass is 16.7. The van der Waals surface area contributed by atoms with E-state index >= 15 is 0 Å². The molecule has 4 aromatic heterocycles. The van der Waals surface area contributed by atoms with Crippen molar-refractivity contribution < 1.29 is 19.0 Å². The topological polar surface area (TPSA) is 176 Å². The molecular weight excluding hydrogens is 550 g/mol. The molecule has 5 aromatic rings. The minimum Gasteiger partial charge on any atom is -0.454 e. The molecule has 2 aliphatic rings. The molecule has 0 saturated carbocycles. The standard InChI is InChI=1S/C30H29N9O4/c31-24-12-21(28-20(37-24)2-1-4-33-28)35-14-17-10-19(30-23(11-17)42-16-43-30)18-3-5-34-29-22(13-25(32)38-27(18)29)36-15-26(40)39-6-8-41-9-7-39/h1-5,10-13H,6-9,14-16H2,(H3,31,35,37)(H3,32,36,38). The van der Waals surface area contributed by atoms with Crippen LogP contribution in [0.15, 0.2) is 54.9 Å². The zero-order chi connectivity index (χ0) is 29.3. The maximum atomic E-state index is 12.8.